The highest BCUT2D eigenvalue weighted by Gasteiger charge is 2.06. The Balaban J connectivity index is 2.58. The summed E-state index contributed by atoms with van der Waals surface area (Å²) in [4.78, 5) is 10.9. The van der Waals surface area contributed by atoms with Crippen molar-refractivity contribution >= 4 is 5.91 Å². The van der Waals surface area contributed by atoms with Crippen LogP contribution in [0.5, 0.6) is 5.75 Å². The monoisotopic (exact) mass is 247 g/mol. The number of rotatable bonds is 5. The van der Waals surface area contributed by atoms with Gasteiger partial charge in [0.1, 0.15) is 5.75 Å². The number of nitrogens with zero attached hydrogens (tertiary/aromatic N) is 1. The van der Waals surface area contributed by atoms with Crippen LogP contribution in [0.25, 0.3) is 0 Å². The van der Waals surface area contributed by atoms with Crippen molar-refractivity contribution in [3.05, 3.63) is 28.8 Å². The Kier molecular flexibility index (Phi) is 5.15. The van der Waals surface area contributed by atoms with Crippen molar-refractivity contribution in [2.24, 2.45) is 5.84 Å². The maximum Gasteiger partial charge on any atom is 0.234 e. The summed E-state index contributed by atoms with van der Waals surface area (Å²) in [6, 6.07) is 5.68. The van der Waals surface area contributed by atoms with E-state index < -0.39 is 0 Å². The quantitative estimate of drug-likeness (QED) is 0.355. The SMILES string of the molecule is Cc1cc(C#N)cc(C)c1OCCCC(=O)NN. The minimum atomic E-state index is -0.202. The number of hydrogen-bond donors (Lipinski definition) is 2. The molecule has 0 saturated heterocycles. The fraction of sp³-hybridized carbons (Fsp3) is 0.385. The van der Waals surface area contributed by atoms with Crippen LogP contribution < -0.4 is 16.0 Å². The van der Waals surface area contributed by atoms with Gasteiger partial charge < -0.3 is 4.74 Å². The Labute approximate surface area is 107 Å². The highest BCUT2D eigenvalue weighted by atomic mass is 16.5. The summed E-state index contributed by atoms with van der Waals surface area (Å²) >= 11 is 0. The molecule has 0 aliphatic rings. The lowest BCUT2D eigenvalue weighted by atomic mass is 10.1. The molecule has 5 heteroatoms. The van der Waals surface area contributed by atoms with E-state index in [1.54, 1.807) is 12.1 Å². The van der Waals surface area contributed by atoms with Gasteiger partial charge in [-0.2, -0.15) is 5.26 Å². The fourth-order valence-corrected chi connectivity index (χ4v) is 1.72. The van der Waals surface area contributed by atoms with Gasteiger partial charge in [-0.15, -0.1) is 0 Å². The molecule has 0 heterocycles. The normalized spacial score (nSPS) is 9.67. The van der Waals surface area contributed by atoms with Gasteiger partial charge in [-0.3, -0.25) is 10.2 Å². The van der Waals surface area contributed by atoms with E-state index in [4.69, 9.17) is 15.8 Å². The first-order valence-corrected chi connectivity index (χ1v) is 5.72. The number of carbonyl (C=O) groups excluding carboxylic acids is 1. The molecular formula is C13H17N3O2. The minimum absolute atomic E-state index is 0.202. The Morgan fingerprint density at radius 1 is 1.44 bits per heavy atom. The van der Waals surface area contributed by atoms with E-state index in [1.807, 2.05) is 13.8 Å². The average Bonchev–Trinajstić information content (AvgIpc) is 2.36. The number of nitriles is 1. The van der Waals surface area contributed by atoms with Crippen LogP contribution in [-0.2, 0) is 4.79 Å². The van der Waals surface area contributed by atoms with Crippen LogP contribution in [0.15, 0.2) is 12.1 Å². The molecule has 0 spiro atoms. The molecule has 18 heavy (non-hydrogen) atoms. The van der Waals surface area contributed by atoms with E-state index in [0.717, 1.165) is 16.9 Å². The summed E-state index contributed by atoms with van der Waals surface area (Å²) in [5.41, 5.74) is 4.55. The third-order valence-corrected chi connectivity index (χ3v) is 2.54. The first kappa shape index (κ1) is 14.0. The summed E-state index contributed by atoms with van der Waals surface area (Å²) in [7, 11) is 0. The molecule has 0 unspecified atom stereocenters. The van der Waals surface area contributed by atoms with Crippen LogP contribution in [0.4, 0.5) is 0 Å². The maximum atomic E-state index is 10.9. The van der Waals surface area contributed by atoms with Crippen LogP contribution in [0.1, 0.15) is 29.5 Å². The van der Waals surface area contributed by atoms with E-state index in [9.17, 15) is 4.79 Å². The lowest BCUT2D eigenvalue weighted by molar-refractivity contribution is -0.121. The van der Waals surface area contributed by atoms with Gasteiger partial charge in [-0.25, -0.2) is 5.84 Å². The molecule has 0 fully saturated rings. The maximum absolute atomic E-state index is 10.9. The lowest BCUT2D eigenvalue weighted by Crippen LogP contribution is -2.30. The van der Waals surface area contributed by atoms with Crippen LogP contribution >= 0.6 is 0 Å². The van der Waals surface area contributed by atoms with Crippen molar-refractivity contribution in [3.8, 4) is 11.8 Å². The second-order valence-electron chi connectivity index (χ2n) is 4.07. The van der Waals surface area contributed by atoms with Crippen LogP contribution in [0, 0.1) is 25.2 Å². The Morgan fingerprint density at radius 3 is 2.56 bits per heavy atom. The molecule has 96 valence electrons. The number of nitrogens with one attached hydrogen (secondary N) is 1. The predicted octanol–water partition coefficient (Wildman–Crippen LogP) is 1.32. The molecule has 0 aliphatic heterocycles. The zero-order chi connectivity index (χ0) is 13.5. The molecule has 1 aromatic carbocycles. The highest BCUT2D eigenvalue weighted by Crippen LogP contribution is 2.24. The van der Waals surface area contributed by atoms with Crippen molar-refractivity contribution in [2.45, 2.75) is 26.7 Å². The molecule has 0 aliphatic carbocycles. The van der Waals surface area contributed by atoms with Gasteiger partial charge in [-0.1, -0.05) is 0 Å². The number of amides is 1. The van der Waals surface area contributed by atoms with Gasteiger partial charge in [-0.05, 0) is 43.5 Å². The summed E-state index contributed by atoms with van der Waals surface area (Å²) in [6.45, 7) is 4.24. The lowest BCUT2D eigenvalue weighted by Gasteiger charge is -2.12. The number of aryl methyl sites for hydroxylation is 2. The predicted molar refractivity (Wildman–Crippen MR) is 67.7 cm³/mol. The van der Waals surface area contributed by atoms with E-state index >= 15 is 0 Å². The highest BCUT2D eigenvalue weighted by molar-refractivity contribution is 5.75. The molecule has 0 saturated carbocycles. The summed E-state index contributed by atoms with van der Waals surface area (Å²) < 4.78 is 5.63. The van der Waals surface area contributed by atoms with Crippen LogP contribution in [-0.4, -0.2) is 12.5 Å². The van der Waals surface area contributed by atoms with Crippen molar-refractivity contribution in [1.29, 1.82) is 5.26 Å². The van der Waals surface area contributed by atoms with Crippen molar-refractivity contribution in [3.63, 3.8) is 0 Å². The topological polar surface area (TPSA) is 88.1 Å². The van der Waals surface area contributed by atoms with E-state index in [2.05, 4.69) is 11.5 Å². The first-order valence-electron chi connectivity index (χ1n) is 5.72. The molecule has 3 N–H and O–H groups in total. The Morgan fingerprint density at radius 2 is 2.06 bits per heavy atom. The number of hydrogen-bond acceptors (Lipinski definition) is 4. The minimum Gasteiger partial charge on any atom is -0.493 e. The van der Waals surface area contributed by atoms with Crippen molar-refractivity contribution < 1.29 is 9.53 Å². The summed E-state index contributed by atoms with van der Waals surface area (Å²) in [5, 5.41) is 8.83. The summed E-state index contributed by atoms with van der Waals surface area (Å²) in [6.07, 6.45) is 0.937. The number of benzene rings is 1. The molecule has 1 aromatic rings. The van der Waals surface area contributed by atoms with Crippen LogP contribution in [0.2, 0.25) is 0 Å². The Hall–Kier alpha value is -2.06. The third-order valence-electron chi connectivity index (χ3n) is 2.54. The molecular weight excluding hydrogens is 230 g/mol. The van der Waals surface area contributed by atoms with Crippen LogP contribution in [0.3, 0.4) is 0 Å². The fourth-order valence-electron chi connectivity index (χ4n) is 1.72. The smallest absolute Gasteiger partial charge is 0.234 e. The molecule has 5 nitrogen and oxygen atoms in total. The Bertz CT molecular complexity index is 455. The number of ether oxygens (including phenoxy) is 1. The zero-order valence-corrected chi connectivity index (χ0v) is 10.6. The molecule has 0 atom stereocenters. The van der Waals surface area contributed by atoms with Gasteiger partial charge in [0.05, 0.1) is 18.2 Å². The third kappa shape index (κ3) is 3.75. The second-order valence-corrected chi connectivity index (χ2v) is 4.07. The van der Waals surface area contributed by atoms with Gasteiger partial charge in [0.2, 0.25) is 5.91 Å². The van der Waals surface area contributed by atoms with E-state index in [0.29, 0.717) is 25.0 Å². The molecule has 0 radical (unpaired) electrons. The van der Waals surface area contributed by atoms with Gasteiger partial charge in [0.25, 0.3) is 0 Å². The number of hydrazine groups is 1. The van der Waals surface area contributed by atoms with Crippen molar-refractivity contribution in [2.75, 3.05) is 6.61 Å². The molecule has 1 rings (SSSR count). The first-order chi connectivity index (χ1) is 8.58. The van der Waals surface area contributed by atoms with E-state index in [1.165, 1.54) is 0 Å². The van der Waals surface area contributed by atoms with Crippen molar-refractivity contribution in [1.82, 2.24) is 5.43 Å². The largest absolute Gasteiger partial charge is 0.493 e. The standard InChI is InChI=1S/C13H17N3O2/c1-9-6-11(8-14)7-10(2)13(9)18-5-3-4-12(17)16-15/h6-7H,3-5,15H2,1-2H3,(H,16,17). The molecule has 0 aromatic heterocycles. The van der Waals surface area contributed by atoms with Gasteiger partial charge >= 0.3 is 0 Å². The zero-order valence-electron chi connectivity index (χ0n) is 10.6. The average molecular weight is 247 g/mol. The van der Waals surface area contributed by atoms with Gasteiger partial charge in [0.15, 0.2) is 0 Å². The molecule has 0 bridgehead atoms. The summed E-state index contributed by atoms with van der Waals surface area (Å²) in [5.74, 6) is 5.55. The number of nitrogens with two attached hydrogens (primary N) is 1. The van der Waals surface area contributed by atoms with Gasteiger partial charge in [0, 0.05) is 6.42 Å². The molecule has 1 amide bonds. The number of carbonyl (C=O) groups is 1. The van der Waals surface area contributed by atoms with E-state index in [-0.39, 0.29) is 5.91 Å². The second kappa shape index (κ2) is 6.62.